The molecule has 0 aliphatic rings. The maximum Gasteiger partial charge on any atom is 0.109 e. The first-order valence-electron chi connectivity index (χ1n) is 3.22. The Labute approximate surface area is 78.2 Å². The molecule has 0 saturated heterocycles. The van der Waals surface area contributed by atoms with E-state index in [1.54, 1.807) is 0 Å². The molecule has 0 fully saturated rings. The third kappa shape index (κ3) is 1.60. The van der Waals surface area contributed by atoms with E-state index in [-0.39, 0.29) is 0 Å². The van der Waals surface area contributed by atoms with Crippen LogP contribution in [0.15, 0.2) is 3.79 Å². The van der Waals surface area contributed by atoms with Crippen LogP contribution in [0, 0.1) is 11.3 Å². The normalized spacial score (nSPS) is 10.1. The summed E-state index contributed by atoms with van der Waals surface area (Å²) in [7, 11) is 0. The van der Waals surface area contributed by atoms with Crippen LogP contribution in [0.25, 0.3) is 0 Å². The standard InChI is InChI=1S/C7H7BrN2S/c1-4(2)6-5(3-9)7(8)11-10-6/h4H,1-2H3. The van der Waals surface area contributed by atoms with Gasteiger partial charge in [0, 0.05) is 0 Å². The number of halogens is 1. The Balaban J connectivity index is 3.19. The maximum absolute atomic E-state index is 8.72. The van der Waals surface area contributed by atoms with Crippen molar-refractivity contribution in [3.05, 3.63) is 15.0 Å². The van der Waals surface area contributed by atoms with Crippen LogP contribution in [0.3, 0.4) is 0 Å². The van der Waals surface area contributed by atoms with E-state index >= 15 is 0 Å². The zero-order chi connectivity index (χ0) is 8.43. The molecule has 0 amide bonds. The smallest absolute Gasteiger partial charge is 0.109 e. The van der Waals surface area contributed by atoms with Crippen molar-refractivity contribution in [1.82, 2.24) is 4.37 Å². The third-order valence-corrected chi connectivity index (χ3v) is 2.82. The van der Waals surface area contributed by atoms with E-state index in [0.717, 1.165) is 9.48 Å². The summed E-state index contributed by atoms with van der Waals surface area (Å²) in [5.74, 6) is 0.326. The van der Waals surface area contributed by atoms with E-state index in [9.17, 15) is 0 Å². The quantitative estimate of drug-likeness (QED) is 0.745. The Morgan fingerprint density at radius 1 is 1.64 bits per heavy atom. The van der Waals surface area contributed by atoms with Crippen LogP contribution < -0.4 is 0 Å². The predicted molar refractivity (Wildman–Crippen MR) is 48.6 cm³/mol. The minimum Gasteiger partial charge on any atom is -0.195 e. The van der Waals surface area contributed by atoms with Crippen molar-refractivity contribution in [3.8, 4) is 6.07 Å². The van der Waals surface area contributed by atoms with Crippen LogP contribution in [-0.2, 0) is 0 Å². The van der Waals surface area contributed by atoms with Crippen molar-refractivity contribution < 1.29 is 0 Å². The fourth-order valence-electron chi connectivity index (χ4n) is 0.777. The summed E-state index contributed by atoms with van der Waals surface area (Å²) < 4.78 is 5.00. The molecule has 0 atom stereocenters. The highest BCUT2D eigenvalue weighted by Crippen LogP contribution is 2.28. The summed E-state index contributed by atoms with van der Waals surface area (Å²) in [4.78, 5) is 0. The fraction of sp³-hybridized carbons (Fsp3) is 0.429. The van der Waals surface area contributed by atoms with Crippen molar-refractivity contribution in [2.75, 3.05) is 0 Å². The van der Waals surface area contributed by atoms with Gasteiger partial charge in [0.15, 0.2) is 0 Å². The Morgan fingerprint density at radius 2 is 2.27 bits per heavy atom. The van der Waals surface area contributed by atoms with Gasteiger partial charge < -0.3 is 0 Å². The van der Waals surface area contributed by atoms with E-state index in [4.69, 9.17) is 5.26 Å². The van der Waals surface area contributed by atoms with Gasteiger partial charge in [0.1, 0.15) is 15.4 Å². The summed E-state index contributed by atoms with van der Waals surface area (Å²) in [6.45, 7) is 4.06. The van der Waals surface area contributed by atoms with Crippen molar-refractivity contribution in [2.45, 2.75) is 19.8 Å². The van der Waals surface area contributed by atoms with E-state index in [1.165, 1.54) is 11.5 Å². The summed E-state index contributed by atoms with van der Waals surface area (Å²) >= 11 is 4.61. The van der Waals surface area contributed by atoms with Crippen LogP contribution in [0.4, 0.5) is 0 Å². The van der Waals surface area contributed by atoms with Gasteiger partial charge in [-0.2, -0.15) is 9.64 Å². The number of rotatable bonds is 1. The lowest BCUT2D eigenvalue weighted by Gasteiger charge is -1.97. The minimum absolute atomic E-state index is 0.326. The molecule has 4 heteroatoms. The second kappa shape index (κ2) is 3.33. The zero-order valence-electron chi connectivity index (χ0n) is 6.26. The number of hydrogen-bond donors (Lipinski definition) is 0. The Bertz CT molecular complexity index is 298. The maximum atomic E-state index is 8.72. The van der Waals surface area contributed by atoms with E-state index in [1.807, 2.05) is 13.8 Å². The van der Waals surface area contributed by atoms with Gasteiger partial charge in [0.25, 0.3) is 0 Å². The van der Waals surface area contributed by atoms with E-state index < -0.39 is 0 Å². The molecule has 2 nitrogen and oxygen atoms in total. The van der Waals surface area contributed by atoms with Crippen molar-refractivity contribution in [3.63, 3.8) is 0 Å². The van der Waals surface area contributed by atoms with Gasteiger partial charge in [-0.25, -0.2) is 0 Å². The average Bonchev–Trinajstić information content (AvgIpc) is 2.30. The molecule has 0 unspecified atom stereocenters. The first-order valence-corrected chi connectivity index (χ1v) is 4.78. The lowest BCUT2D eigenvalue weighted by Crippen LogP contribution is -1.89. The molecule has 0 aliphatic heterocycles. The monoisotopic (exact) mass is 230 g/mol. The van der Waals surface area contributed by atoms with Crippen molar-refractivity contribution in [1.29, 1.82) is 5.26 Å². The summed E-state index contributed by atoms with van der Waals surface area (Å²) in [5.41, 5.74) is 1.58. The van der Waals surface area contributed by atoms with E-state index in [0.29, 0.717) is 11.5 Å². The van der Waals surface area contributed by atoms with Gasteiger partial charge in [0.2, 0.25) is 0 Å². The second-order valence-electron chi connectivity index (χ2n) is 2.48. The van der Waals surface area contributed by atoms with Gasteiger partial charge in [-0.05, 0) is 33.4 Å². The van der Waals surface area contributed by atoms with Crippen LogP contribution in [0.1, 0.15) is 31.0 Å². The minimum atomic E-state index is 0.326. The molecule has 0 radical (unpaired) electrons. The molecule has 0 saturated carbocycles. The molecule has 58 valence electrons. The second-order valence-corrected chi connectivity index (χ2v) is 4.57. The van der Waals surface area contributed by atoms with Gasteiger partial charge in [-0.3, -0.25) is 0 Å². The lowest BCUT2D eigenvalue weighted by molar-refractivity contribution is 0.836. The first-order chi connectivity index (χ1) is 5.16. The van der Waals surface area contributed by atoms with E-state index in [2.05, 4.69) is 26.4 Å². The molecule has 1 heterocycles. The Morgan fingerprint density at radius 3 is 2.64 bits per heavy atom. The molecule has 0 aliphatic carbocycles. The highest BCUT2D eigenvalue weighted by molar-refractivity contribution is 9.11. The third-order valence-electron chi connectivity index (χ3n) is 1.34. The summed E-state index contributed by atoms with van der Waals surface area (Å²) in [5, 5.41) is 8.72. The Kier molecular flexibility index (Phi) is 2.63. The van der Waals surface area contributed by atoms with Gasteiger partial charge in [-0.15, -0.1) is 0 Å². The summed E-state index contributed by atoms with van der Waals surface area (Å²) in [6, 6.07) is 2.13. The highest BCUT2D eigenvalue weighted by atomic mass is 79.9. The SMILES string of the molecule is CC(C)c1nsc(Br)c1C#N. The molecule has 11 heavy (non-hydrogen) atoms. The van der Waals surface area contributed by atoms with Crippen LogP contribution in [-0.4, -0.2) is 4.37 Å². The molecule has 0 N–H and O–H groups in total. The van der Waals surface area contributed by atoms with Gasteiger partial charge in [-0.1, -0.05) is 13.8 Å². The molecular formula is C7H7BrN2S. The number of aromatic nitrogens is 1. The Hall–Kier alpha value is -0.400. The highest BCUT2D eigenvalue weighted by Gasteiger charge is 2.13. The van der Waals surface area contributed by atoms with Crippen LogP contribution in [0.5, 0.6) is 0 Å². The van der Waals surface area contributed by atoms with Crippen molar-refractivity contribution in [2.24, 2.45) is 0 Å². The molecule has 0 bridgehead atoms. The number of hydrogen-bond acceptors (Lipinski definition) is 3. The topological polar surface area (TPSA) is 36.7 Å². The molecule has 1 rings (SSSR count). The predicted octanol–water partition coefficient (Wildman–Crippen LogP) is 2.90. The van der Waals surface area contributed by atoms with Crippen molar-refractivity contribution >= 4 is 27.5 Å². The molecule has 0 spiro atoms. The number of nitriles is 1. The number of nitrogens with zero attached hydrogens (tertiary/aromatic N) is 2. The molecule has 1 aromatic heterocycles. The lowest BCUT2D eigenvalue weighted by atomic mass is 10.1. The van der Waals surface area contributed by atoms with Crippen LogP contribution in [0.2, 0.25) is 0 Å². The van der Waals surface area contributed by atoms with Crippen LogP contribution >= 0.6 is 27.5 Å². The zero-order valence-corrected chi connectivity index (χ0v) is 8.66. The average molecular weight is 231 g/mol. The van der Waals surface area contributed by atoms with Gasteiger partial charge in [0.05, 0.1) is 5.69 Å². The first kappa shape index (κ1) is 8.69. The largest absolute Gasteiger partial charge is 0.195 e. The fourth-order valence-corrected chi connectivity index (χ4v) is 2.01. The molecule has 0 aromatic carbocycles. The molecule has 1 aromatic rings. The summed E-state index contributed by atoms with van der Waals surface area (Å²) in [6.07, 6.45) is 0. The molecular weight excluding hydrogens is 224 g/mol. The van der Waals surface area contributed by atoms with Gasteiger partial charge >= 0.3 is 0 Å².